The number of hydrogen-bond donors (Lipinski definition) is 0. The standard InChI is InChI=1S/C103H132O18Si/c1-15-64(2)95-88(57-93-103(10,120-95)97(109-62-70-35-39-74-27-19-23-31-78(74)52-70)96-89(114-93)58-100(7)91(116-96)56-87-83(118-100)45-47-110-99(5,6)117-87)112-84(98(104)105-11)42-43-90-102(9,121-122(12,13)14)63-101(8)92(115-90)55-86-82(119-101)41-40-81(108-61-69-34-38-73-26-18-22-30-77(73)51-69)85(113-86)54-79(107-60-68-33-37-72-25-17-21-29-76(72)50-68)53-80-48-66(4)94(111-80)65(3)44-46-106-59-67-32-36-71-24-16-20-28-75(71)49-67/h15-39,49-52,64-66,79-97H,1,40-48,53-63H2,2-14H3/t64-,65+,66-,79-,80+,81+,82-,83+,84-,85-,86+,87-,88+,89+,90+,91+,92-,93-,94-,95-,96+,97-,100-,101+,102-,103-/m1/s1. The van der Waals surface area contributed by atoms with Crippen molar-refractivity contribution >= 4 is 57.4 Å². The number of methoxy groups -OCH3 is 1. The Morgan fingerprint density at radius 2 is 1.12 bits per heavy atom. The van der Waals surface area contributed by atoms with Gasteiger partial charge in [-0.15, -0.1) is 6.58 Å². The summed E-state index contributed by atoms with van der Waals surface area (Å²) in [5.74, 6) is -0.872. The maximum atomic E-state index is 14.8. The summed E-state index contributed by atoms with van der Waals surface area (Å²) in [4.78, 5) is 14.8. The van der Waals surface area contributed by atoms with Gasteiger partial charge in [-0.2, -0.15) is 0 Å². The molecule has 9 fully saturated rings. The second-order valence-corrected chi connectivity index (χ2v) is 43.9. The Hall–Kier alpha value is -6.41. The zero-order chi connectivity index (χ0) is 84.9. The molecule has 0 unspecified atom stereocenters. The van der Waals surface area contributed by atoms with Crippen molar-refractivity contribution in [3.63, 3.8) is 0 Å². The molecule has 0 amide bonds. The molecule has 19 heteroatoms. The van der Waals surface area contributed by atoms with Crippen LogP contribution in [0.4, 0.5) is 0 Å². The van der Waals surface area contributed by atoms with Crippen molar-refractivity contribution in [2.45, 2.75) is 342 Å². The first-order chi connectivity index (χ1) is 58.6. The molecule has 0 radical (unpaired) electrons. The third-order valence-corrected chi connectivity index (χ3v) is 29.5. The molecule has 0 aliphatic carbocycles. The van der Waals surface area contributed by atoms with Crippen LogP contribution in [0, 0.1) is 17.8 Å². The molecule has 0 saturated carbocycles. The Kier molecular flexibility index (Phi) is 26.4. The zero-order valence-corrected chi connectivity index (χ0v) is 75.1. The normalized spacial score (nSPS) is 34.9. The van der Waals surface area contributed by atoms with Crippen molar-refractivity contribution in [2.24, 2.45) is 17.8 Å². The van der Waals surface area contributed by atoms with Gasteiger partial charge in [0, 0.05) is 51.0 Å². The van der Waals surface area contributed by atoms with E-state index in [9.17, 15) is 4.79 Å². The number of esters is 1. The summed E-state index contributed by atoms with van der Waals surface area (Å²) in [6.45, 7) is 33.3. The summed E-state index contributed by atoms with van der Waals surface area (Å²) in [6, 6.07) is 60.2. The number of ether oxygens (including phenoxy) is 16. The van der Waals surface area contributed by atoms with Gasteiger partial charge in [-0.25, -0.2) is 4.79 Å². The van der Waals surface area contributed by atoms with Crippen LogP contribution in [0.3, 0.4) is 0 Å². The number of benzene rings is 8. The summed E-state index contributed by atoms with van der Waals surface area (Å²) in [6.07, 6.45) is 2.79. The van der Waals surface area contributed by atoms with E-state index in [1.54, 1.807) is 0 Å². The first-order valence-electron chi connectivity index (χ1n) is 45.7. The van der Waals surface area contributed by atoms with Crippen LogP contribution in [0.2, 0.25) is 19.6 Å². The van der Waals surface area contributed by atoms with Crippen molar-refractivity contribution in [1.29, 1.82) is 0 Å². The van der Waals surface area contributed by atoms with Crippen LogP contribution >= 0.6 is 0 Å². The lowest BCUT2D eigenvalue weighted by Crippen LogP contribution is -2.75. The van der Waals surface area contributed by atoms with Crippen LogP contribution in [0.25, 0.3) is 43.1 Å². The largest absolute Gasteiger partial charge is 0.467 e. The van der Waals surface area contributed by atoms with Gasteiger partial charge in [-0.3, -0.25) is 0 Å². The van der Waals surface area contributed by atoms with Gasteiger partial charge in [-0.1, -0.05) is 172 Å². The monoisotopic (exact) mass is 1680 g/mol. The summed E-state index contributed by atoms with van der Waals surface area (Å²) < 4.78 is 122. The Morgan fingerprint density at radius 1 is 0.549 bits per heavy atom. The van der Waals surface area contributed by atoms with E-state index in [-0.39, 0.29) is 79.3 Å². The maximum Gasteiger partial charge on any atom is 0.334 e. The second-order valence-electron chi connectivity index (χ2n) is 39.5. The fourth-order valence-electron chi connectivity index (χ4n) is 22.3. The van der Waals surface area contributed by atoms with Gasteiger partial charge >= 0.3 is 5.97 Å². The molecule has 9 heterocycles. The minimum Gasteiger partial charge on any atom is -0.467 e. The molecule has 0 bridgehead atoms. The smallest absolute Gasteiger partial charge is 0.334 e. The molecule has 26 atom stereocenters. The lowest BCUT2D eigenvalue weighted by molar-refractivity contribution is -0.383. The van der Waals surface area contributed by atoms with Crippen molar-refractivity contribution in [3.05, 3.63) is 205 Å². The van der Waals surface area contributed by atoms with Crippen molar-refractivity contribution in [2.75, 3.05) is 20.3 Å². The van der Waals surface area contributed by atoms with E-state index in [1.807, 2.05) is 19.9 Å². The van der Waals surface area contributed by atoms with Crippen molar-refractivity contribution in [1.82, 2.24) is 0 Å². The molecule has 8 aromatic rings. The first-order valence-corrected chi connectivity index (χ1v) is 49.1. The zero-order valence-electron chi connectivity index (χ0n) is 74.1. The van der Waals surface area contributed by atoms with Crippen molar-refractivity contribution in [3.8, 4) is 0 Å². The quantitative estimate of drug-likeness (QED) is 0.0187. The van der Waals surface area contributed by atoms with E-state index in [0.29, 0.717) is 116 Å². The average Bonchev–Trinajstić information content (AvgIpc) is 0.784. The SMILES string of the molecule is C=C[C@@H](C)[C@H]1O[C@@]2(C)[C@H](OCc3ccc4ccccc4c3)[C@H]3O[C@H]4C[C@H]5OC(C)(C)OCC[C@@H]5O[C@]4(C)C[C@@H]3O[C@@H]2C[C@@H]1O[C@H](CC[C@@H]1O[C@@H]2C[C@@H]3O[C@H](C[C@@H](C[C@@H]4C[C@@H](C)[C@@H]([C@@H](C)CCOCc5ccc6ccccc6c5)O4)OCc4ccc5ccccc5c4)[C@@H](OCc4ccc5ccccc5c4)CC[C@H]3O[C@@]2(C)C[C@@]1(C)O[Si](C)(C)C)C(=O)OC. The molecule has 9 aliphatic rings. The lowest BCUT2D eigenvalue weighted by atomic mass is 9.72. The minimum absolute atomic E-state index is 0.0350. The Labute approximate surface area is 723 Å². The van der Waals surface area contributed by atoms with E-state index >= 15 is 0 Å². The molecule has 0 N–H and O–H groups in total. The van der Waals surface area contributed by atoms with E-state index < -0.39 is 97.4 Å². The Morgan fingerprint density at radius 3 is 1.74 bits per heavy atom. The Bertz CT molecular complexity index is 4920. The highest BCUT2D eigenvalue weighted by Gasteiger charge is 2.66. The predicted molar refractivity (Wildman–Crippen MR) is 475 cm³/mol. The van der Waals surface area contributed by atoms with Gasteiger partial charge < -0.3 is 80.2 Å². The average molecular weight is 1690 g/mol. The van der Waals surface area contributed by atoms with Gasteiger partial charge in [0.05, 0.1) is 155 Å². The highest BCUT2D eigenvalue weighted by Crippen LogP contribution is 2.54. The van der Waals surface area contributed by atoms with Gasteiger partial charge in [-0.05, 0) is 214 Å². The van der Waals surface area contributed by atoms with Gasteiger partial charge in [0.25, 0.3) is 0 Å². The Balaban J connectivity index is 0.619. The number of fused-ring (bicyclic) bond motifs is 10. The lowest BCUT2D eigenvalue weighted by Gasteiger charge is -2.62. The third-order valence-electron chi connectivity index (χ3n) is 28.4. The van der Waals surface area contributed by atoms with Crippen LogP contribution in [0.5, 0.6) is 0 Å². The van der Waals surface area contributed by atoms with Gasteiger partial charge in [0.15, 0.2) is 20.2 Å². The second kappa shape index (κ2) is 36.7. The van der Waals surface area contributed by atoms with Crippen LogP contribution in [-0.4, -0.2) is 179 Å². The molecule has 18 nitrogen and oxygen atoms in total. The van der Waals surface area contributed by atoms with E-state index in [1.165, 1.54) is 45.0 Å². The molecule has 0 aromatic heterocycles. The van der Waals surface area contributed by atoms with Crippen molar-refractivity contribution < 1.29 is 85.0 Å². The van der Waals surface area contributed by atoms with E-state index in [2.05, 4.69) is 245 Å². The summed E-state index contributed by atoms with van der Waals surface area (Å²) in [7, 11) is -0.895. The maximum absolute atomic E-state index is 14.8. The molecule has 122 heavy (non-hydrogen) atoms. The molecule has 9 saturated heterocycles. The van der Waals surface area contributed by atoms with Crippen LogP contribution < -0.4 is 0 Å². The van der Waals surface area contributed by atoms with E-state index in [0.717, 1.165) is 40.3 Å². The molecule has 0 spiro atoms. The van der Waals surface area contributed by atoms with Gasteiger partial charge in [0.1, 0.15) is 17.8 Å². The molecule has 8 aromatic carbocycles. The predicted octanol–water partition coefficient (Wildman–Crippen LogP) is 20.1. The minimum atomic E-state index is -2.33. The molecular weight excluding hydrogens is 1550 g/mol. The highest BCUT2D eigenvalue weighted by molar-refractivity contribution is 6.69. The number of rotatable bonds is 29. The fourth-order valence-corrected chi connectivity index (χ4v) is 23.9. The topological polar surface area (TPSA) is 174 Å². The first kappa shape index (κ1) is 87.7. The van der Waals surface area contributed by atoms with Crippen LogP contribution in [0.1, 0.15) is 174 Å². The van der Waals surface area contributed by atoms with Crippen LogP contribution in [0.15, 0.2) is 183 Å². The molecule has 9 aliphatic heterocycles. The summed E-state index contributed by atoms with van der Waals surface area (Å²) in [5, 5.41) is 9.48. The summed E-state index contributed by atoms with van der Waals surface area (Å²) in [5.41, 5.74) is 1.05. The third kappa shape index (κ3) is 19.5. The fraction of sp³-hybridized carbons (Fsp3) is 0.583. The van der Waals surface area contributed by atoms with Crippen LogP contribution in [-0.2, 0) is 111 Å². The highest BCUT2D eigenvalue weighted by atomic mass is 28.4. The number of carbonyl (C=O) groups is 1. The number of hydrogen-bond acceptors (Lipinski definition) is 18. The summed E-state index contributed by atoms with van der Waals surface area (Å²) >= 11 is 0. The number of carbonyl (C=O) groups excluding carboxylic acids is 1. The molecular formula is C103H132O18Si. The molecule has 17 rings (SSSR count). The van der Waals surface area contributed by atoms with Gasteiger partial charge in [0.2, 0.25) is 0 Å². The van der Waals surface area contributed by atoms with E-state index in [4.69, 9.17) is 80.2 Å². The molecule has 656 valence electrons.